The second-order valence-electron chi connectivity index (χ2n) is 8.44. The molecule has 4 atom stereocenters. The molecule has 33 heavy (non-hydrogen) atoms. The SMILES string of the molecule is C[C@@H]1CC(N(C)CC(O)CSc2nc(-c3ccncc3)c(-c3ccc(F)cc3)[nH]2)C[C@H](O)O1. The summed E-state index contributed by atoms with van der Waals surface area (Å²) in [5, 5.41) is 21.2. The smallest absolute Gasteiger partial charge is 0.166 e. The van der Waals surface area contributed by atoms with Crippen molar-refractivity contribution in [2.75, 3.05) is 19.3 Å². The first kappa shape index (κ1) is 23.8. The van der Waals surface area contributed by atoms with Gasteiger partial charge < -0.3 is 24.8 Å². The maximum Gasteiger partial charge on any atom is 0.166 e. The molecule has 3 N–H and O–H groups in total. The van der Waals surface area contributed by atoms with Crippen molar-refractivity contribution in [2.24, 2.45) is 0 Å². The lowest BCUT2D eigenvalue weighted by atomic mass is 10.0. The van der Waals surface area contributed by atoms with Gasteiger partial charge in [-0.15, -0.1) is 0 Å². The lowest BCUT2D eigenvalue weighted by molar-refractivity contribution is -0.174. The molecular formula is C24H29FN4O3S. The predicted octanol–water partition coefficient (Wildman–Crippen LogP) is 3.55. The highest BCUT2D eigenvalue weighted by Gasteiger charge is 2.29. The molecule has 1 aromatic carbocycles. The fraction of sp³-hybridized carbons (Fsp3) is 0.417. The molecule has 4 rings (SSSR count). The summed E-state index contributed by atoms with van der Waals surface area (Å²) in [5.74, 6) is 0.162. The van der Waals surface area contributed by atoms with Crippen LogP contribution in [0.1, 0.15) is 19.8 Å². The van der Waals surface area contributed by atoms with Crippen LogP contribution < -0.4 is 0 Å². The summed E-state index contributed by atoms with van der Waals surface area (Å²) < 4.78 is 18.8. The summed E-state index contributed by atoms with van der Waals surface area (Å²) in [5.41, 5.74) is 3.28. The van der Waals surface area contributed by atoms with Gasteiger partial charge in [-0.2, -0.15) is 0 Å². The molecule has 0 aliphatic carbocycles. The number of rotatable bonds is 8. The van der Waals surface area contributed by atoms with E-state index in [-0.39, 0.29) is 18.0 Å². The Labute approximate surface area is 197 Å². The molecule has 3 aromatic rings. The number of aliphatic hydroxyl groups excluding tert-OH is 2. The van der Waals surface area contributed by atoms with Gasteiger partial charge in [0.2, 0.25) is 0 Å². The van der Waals surface area contributed by atoms with Crippen molar-refractivity contribution in [1.82, 2.24) is 19.9 Å². The summed E-state index contributed by atoms with van der Waals surface area (Å²) in [7, 11) is 1.96. The highest BCUT2D eigenvalue weighted by Crippen LogP contribution is 2.33. The average molecular weight is 473 g/mol. The van der Waals surface area contributed by atoms with Crippen LogP contribution >= 0.6 is 11.8 Å². The number of aromatic nitrogens is 3. The molecule has 0 spiro atoms. The third-order valence-electron chi connectivity index (χ3n) is 5.77. The van der Waals surface area contributed by atoms with Crippen LogP contribution in [-0.4, -0.2) is 73.9 Å². The van der Waals surface area contributed by atoms with Crippen LogP contribution in [0.2, 0.25) is 0 Å². The van der Waals surface area contributed by atoms with E-state index >= 15 is 0 Å². The van der Waals surface area contributed by atoms with Crippen LogP contribution in [0, 0.1) is 5.82 Å². The minimum atomic E-state index is -0.757. The van der Waals surface area contributed by atoms with Crippen molar-refractivity contribution in [2.45, 2.75) is 49.5 Å². The van der Waals surface area contributed by atoms with Gasteiger partial charge in [0.15, 0.2) is 11.4 Å². The Morgan fingerprint density at radius 3 is 2.61 bits per heavy atom. The van der Waals surface area contributed by atoms with E-state index in [1.165, 1.54) is 23.9 Å². The van der Waals surface area contributed by atoms with Gasteiger partial charge in [-0.3, -0.25) is 4.98 Å². The summed E-state index contributed by atoms with van der Waals surface area (Å²) in [6.07, 6.45) is 3.44. The van der Waals surface area contributed by atoms with Crippen LogP contribution in [0.25, 0.3) is 22.5 Å². The van der Waals surface area contributed by atoms with E-state index in [1.54, 1.807) is 24.5 Å². The Morgan fingerprint density at radius 2 is 1.91 bits per heavy atom. The van der Waals surface area contributed by atoms with Crippen LogP contribution in [-0.2, 0) is 4.74 Å². The first-order valence-corrected chi connectivity index (χ1v) is 12.0. The molecular weight excluding hydrogens is 443 g/mol. The highest BCUT2D eigenvalue weighted by molar-refractivity contribution is 7.99. The molecule has 0 radical (unpaired) electrons. The molecule has 9 heteroatoms. The summed E-state index contributed by atoms with van der Waals surface area (Å²) in [6, 6.07) is 10.2. The number of nitrogens with one attached hydrogen (secondary N) is 1. The number of aliphatic hydroxyl groups is 2. The Balaban J connectivity index is 1.44. The number of benzene rings is 1. The van der Waals surface area contributed by atoms with Crippen molar-refractivity contribution in [1.29, 1.82) is 0 Å². The number of hydrogen-bond donors (Lipinski definition) is 3. The first-order valence-electron chi connectivity index (χ1n) is 11.0. The summed E-state index contributed by atoms with van der Waals surface area (Å²) in [6.45, 7) is 2.44. The number of aromatic amines is 1. The van der Waals surface area contributed by atoms with E-state index in [0.717, 1.165) is 28.9 Å². The van der Waals surface area contributed by atoms with E-state index in [9.17, 15) is 14.6 Å². The van der Waals surface area contributed by atoms with Gasteiger partial charge in [0, 0.05) is 48.3 Å². The third kappa shape index (κ3) is 6.18. The monoisotopic (exact) mass is 472 g/mol. The van der Waals surface area contributed by atoms with Gasteiger partial charge in [-0.25, -0.2) is 9.37 Å². The molecule has 1 aliphatic rings. The number of nitrogens with zero attached hydrogens (tertiary/aromatic N) is 3. The normalized spacial score (nSPS) is 21.9. The topological polar surface area (TPSA) is 94.5 Å². The summed E-state index contributed by atoms with van der Waals surface area (Å²) >= 11 is 1.44. The highest BCUT2D eigenvalue weighted by atomic mass is 32.2. The number of imidazole rings is 1. The zero-order valence-corrected chi connectivity index (χ0v) is 19.5. The standard InChI is InChI=1S/C24H29FN4O3S/c1-15-11-19(12-21(31)32-15)29(2)13-20(30)14-33-24-27-22(16-3-5-18(25)6-4-16)23(28-24)17-7-9-26-10-8-17/h3-10,15,19-21,30-31H,11-14H2,1-2H3,(H,27,28)/t15-,19?,20?,21-/m1/s1. The Bertz CT molecular complexity index is 1020. The predicted molar refractivity (Wildman–Crippen MR) is 126 cm³/mol. The van der Waals surface area contributed by atoms with E-state index in [2.05, 4.69) is 14.9 Å². The Kier molecular flexibility index (Phi) is 7.77. The van der Waals surface area contributed by atoms with Gasteiger partial charge in [0.25, 0.3) is 0 Å². The lowest BCUT2D eigenvalue weighted by Crippen LogP contribution is -2.46. The van der Waals surface area contributed by atoms with Crippen LogP contribution in [0.4, 0.5) is 4.39 Å². The van der Waals surface area contributed by atoms with E-state index in [0.29, 0.717) is 23.9 Å². The maximum absolute atomic E-state index is 13.4. The quantitative estimate of drug-likeness (QED) is 0.432. The number of hydrogen-bond acceptors (Lipinski definition) is 7. The first-order chi connectivity index (χ1) is 15.9. The zero-order chi connectivity index (χ0) is 23.4. The van der Waals surface area contributed by atoms with Crippen molar-refractivity contribution in [3.8, 4) is 22.5 Å². The Morgan fingerprint density at radius 1 is 1.18 bits per heavy atom. The fourth-order valence-corrected chi connectivity index (χ4v) is 4.91. The lowest BCUT2D eigenvalue weighted by Gasteiger charge is -2.37. The van der Waals surface area contributed by atoms with Crippen LogP contribution in [0.15, 0.2) is 53.9 Å². The van der Waals surface area contributed by atoms with Crippen molar-refractivity contribution < 1.29 is 19.3 Å². The fourth-order valence-electron chi connectivity index (χ4n) is 4.12. The van der Waals surface area contributed by atoms with Gasteiger partial charge in [-0.1, -0.05) is 11.8 Å². The van der Waals surface area contributed by atoms with E-state index in [1.807, 2.05) is 26.1 Å². The Hall–Kier alpha value is -2.30. The molecule has 0 saturated carbocycles. The molecule has 0 bridgehead atoms. The van der Waals surface area contributed by atoms with Crippen molar-refractivity contribution >= 4 is 11.8 Å². The molecule has 2 aromatic heterocycles. The largest absolute Gasteiger partial charge is 0.391 e. The minimum Gasteiger partial charge on any atom is -0.391 e. The van der Waals surface area contributed by atoms with Gasteiger partial charge in [0.1, 0.15) is 5.82 Å². The molecule has 1 aliphatic heterocycles. The summed E-state index contributed by atoms with van der Waals surface area (Å²) in [4.78, 5) is 14.2. The van der Waals surface area contributed by atoms with Crippen LogP contribution in [0.3, 0.4) is 0 Å². The number of thioether (sulfide) groups is 1. The van der Waals surface area contributed by atoms with Crippen molar-refractivity contribution in [3.05, 3.63) is 54.6 Å². The number of halogens is 1. The molecule has 176 valence electrons. The molecule has 0 amide bonds. The van der Waals surface area contributed by atoms with Crippen molar-refractivity contribution in [3.63, 3.8) is 0 Å². The molecule has 7 nitrogen and oxygen atoms in total. The average Bonchev–Trinajstić information content (AvgIpc) is 3.22. The number of H-pyrrole nitrogens is 1. The van der Waals surface area contributed by atoms with Gasteiger partial charge in [-0.05, 0) is 56.8 Å². The van der Waals surface area contributed by atoms with Crippen LogP contribution in [0.5, 0.6) is 0 Å². The van der Waals surface area contributed by atoms with E-state index in [4.69, 9.17) is 9.72 Å². The molecule has 1 fully saturated rings. The number of ether oxygens (including phenoxy) is 1. The second-order valence-corrected chi connectivity index (χ2v) is 9.45. The minimum absolute atomic E-state index is 0.00710. The molecule has 2 unspecified atom stereocenters. The van der Waals surface area contributed by atoms with Gasteiger partial charge in [0.05, 0.1) is 23.6 Å². The van der Waals surface area contributed by atoms with Gasteiger partial charge >= 0.3 is 0 Å². The van der Waals surface area contributed by atoms with E-state index < -0.39 is 12.4 Å². The second kappa shape index (κ2) is 10.8. The molecule has 3 heterocycles. The third-order valence-corrected chi connectivity index (χ3v) is 6.79. The number of pyridine rings is 1. The zero-order valence-electron chi connectivity index (χ0n) is 18.7. The maximum atomic E-state index is 13.4. The molecule has 1 saturated heterocycles. The number of likely N-dealkylation sites (N-methyl/N-ethyl adjacent to an activating group) is 1.